The summed E-state index contributed by atoms with van der Waals surface area (Å²) in [4.78, 5) is 25.9. The van der Waals surface area contributed by atoms with Crippen LogP contribution < -0.4 is 15.0 Å². The molecule has 1 N–H and O–H groups in total. The Kier molecular flexibility index (Phi) is 5.03. The molecule has 0 saturated carbocycles. The van der Waals surface area contributed by atoms with E-state index in [9.17, 15) is 9.59 Å². The molecule has 1 saturated heterocycles. The van der Waals surface area contributed by atoms with Crippen LogP contribution in [0.25, 0.3) is 0 Å². The van der Waals surface area contributed by atoms with Crippen molar-refractivity contribution in [2.45, 2.75) is 32.8 Å². The predicted molar refractivity (Wildman–Crippen MR) is 97.9 cm³/mol. The van der Waals surface area contributed by atoms with E-state index in [-0.39, 0.29) is 11.8 Å². The van der Waals surface area contributed by atoms with Gasteiger partial charge in [0.15, 0.2) is 6.10 Å². The predicted octanol–water partition coefficient (Wildman–Crippen LogP) is 3.53. The number of para-hydroxylation sites is 1. The van der Waals surface area contributed by atoms with Gasteiger partial charge in [-0.05, 0) is 56.2 Å². The molecule has 25 heavy (non-hydrogen) atoms. The maximum absolute atomic E-state index is 12.3. The molecule has 0 bridgehead atoms. The zero-order chi connectivity index (χ0) is 17.8. The number of nitrogens with zero attached hydrogens (tertiary/aromatic N) is 1. The molecule has 1 aliphatic heterocycles. The van der Waals surface area contributed by atoms with Crippen molar-refractivity contribution in [2.75, 3.05) is 16.8 Å². The van der Waals surface area contributed by atoms with Crippen molar-refractivity contribution in [2.24, 2.45) is 0 Å². The molecular weight excluding hydrogens is 316 g/mol. The fourth-order valence-corrected chi connectivity index (χ4v) is 2.82. The quantitative estimate of drug-likeness (QED) is 0.907. The van der Waals surface area contributed by atoms with E-state index in [2.05, 4.69) is 5.32 Å². The van der Waals surface area contributed by atoms with Gasteiger partial charge in [-0.3, -0.25) is 9.59 Å². The molecule has 2 aromatic rings. The molecule has 2 amide bonds. The third-order valence-electron chi connectivity index (χ3n) is 4.29. The molecule has 130 valence electrons. The minimum Gasteiger partial charge on any atom is -0.481 e. The van der Waals surface area contributed by atoms with E-state index in [1.54, 1.807) is 24.0 Å². The number of nitrogens with one attached hydrogen (secondary N) is 1. The van der Waals surface area contributed by atoms with Crippen LogP contribution in [0.1, 0.15) is 25.3 Å². The van der Waals surface area contributed by atoms with E-state index in [0.717, 1.165) is 24.2 Å². The maximum Gasteiger partial charge on any atom is 0.265 e. The number of anilines is 2. The minimum atomic E-state index is -0.610. The van der Waals surface area contributed by atoms with Crippen molar-refractivity contribution in [1.29, 1.82) is 0 Å². The first-order chi connectivity index (χ1) is 12.0. The molecule has 0 unspecified atom stereocenters. The van der Waals surface area contributed by atoms with E-state index in [4.69, 9.17) is 4.74 Å². The molecule has 0 radical (unpaired) electrons. The SMILES string of the molecule is Cc1ccccc1O[C@@H](C)C(=O)Nc1ccc(N2CCCC2=O)cc1. The van der Waals surface area contributed by atoms with Crippen molar-refractivity contribution < 1.29 is 14.3 Å². The summed E-state index contributed by atoms with van der Waals surface area (Å²) in [6.07, 6.45) is 0.887. The smallest absolute Gasteiger partial charge is 0.265 e. The van der Waals surface area contributed by atoms with E-state index in [1.165, 1.54) is 0 Å². The first kappa shape index (κ1) is 17.0. The van der Waals surface area contributed by atoms with Gasteiger partial charge in [0.1, 0.15) is 5.75 Å². The van der Waals surface area contributed by atoms with E-state index in [1.807, 2.05) is 43.3 Å². The van der Waals surface area contributed by atoms with Gasteiger partial charge in [-0.25, -0.2) is 0 Å². The van der Waals surface area contributed by atoms with Gasteiger partial charge in [-0.1, -0.05) is 18.2 Å². The molecule has 0 spiro atoms. The van der Waals surface area contributed by atoms with E-state index < -0.39 is 6.10 Å². The normalized spacial score (nSPS) is 15.1. The Morgan fingerprint density at radius 1 is 1.16 bits per heavy atom. The molecule has 1 atom stereocenters. The molecule has 1 fully saturated rings. The van der Waals surface area contributed by atoms with Crippen molar-refractivity contribution in [1.82, 2.24) is 0 Å². The summed E-state index contributed by atoms with van der Waals surface area (Å²) in [6, 6.07) is 14.9. The minimum absolute atomic E-state index is 0.150. The summed E-state index contributed by atoms with van der Waals surface area (Å²) in [7, 11) is 0. The summed E-state index contributed by atoms with van der Waals surface area (Å²) in [5.41, 5.74) is 2.53. The Labute approximate surface area is 147 Å². The molecule has 0 aliphatic carbocycles. The van der Waals surface area contributed by atoms with Crippen molar-refractivity contribution >= 4 is 23.2 Å². The zero-order valence-corrected chi connectivity index (χ0v) is 14.5. The van der Waals surface area contributed by atoms with Gasteiger partial charge in [0.25, 0.3) is 5.91 Å². The Balaban J connectivity index is 1.60. The van der Waals surface area contributed by atoms with Gasteiger partial charge in [0.05, 0.1) is 0 Å². The monoisotopic (exact) mass is 338 g/mol. The largest absolute Gasteiger partial charge is 0.481 e. The number of hydrogen-bond acceptors (Lipinski definition) is 3. The van der Waals surface area contributed by atoms with Crippen LogP contribution in [0.4, 0.5) is 11.4 Å². The van der Waals surface area contributed by atoms with Gasteiger partial charge in [0.2, 0.25) is 5.91 Å². The lowest BCUT2D eigenvalue weighted by Crippen LogP contribution is -2.30. The van der Waals surface area contributed by atoms with Crippen LogP contribution >= 0.6 is 0 Å². The molecular formula is C20H22N2O3. The average Bonchev–Trinajstić information content (AvgIpc) is 3.03. The summed E-state index contributed by atoms with van der Waals surface area (Å²) in [6.45, 7) is 4.42. The molecule has 5 nitrogen and oxygen atoms in total. The summed E-state index contributed by atoms with van der Waals surface area (Å²) in [5.74, 6) is 0.637. The number of rotatable bonds is 5. The number of carbonyl (C=O) groups excluding carboxylic acids is 2. The number of hydrogen-bond donors (Lipinski definition) is 1. The highest BCUT2D eigenvalue weighted by Crippen LogP contribution is 2.23. The Hall–Kier alpha value is -2.82. The van der Waals surface area contributed by atoms with Crippen molar-refractivity contribution in [3.8, 4) is 5.75 Å². The summed E-state index contributed by atoms with van der Waals surface area (Å²) >= 11 is 0. The lowest BCUT2D eigenvalue weighted by atomic mass is 10.2. The number of aryl methyl sites for hydroxylation is 1. The van der Waals surface area contributed by atoms with Crippen LogP contribution in [-0.4, -0.2) is 24.5 Å². The number of carbonyl (C=O) groups is 2. The molecule has 1 aliphatic rings. The number of benzene rings is 2. The Morgan fingerprint density at radius 2 is 1.88 bits per heavy atom. The van der Waals surface area contributed by atoms with Gasteiger partial charge in [-0.15, -0.1) is 0 Å². The maximum atomic E-state index is 12.3. The molecule has 1 heterocycles. The average molecular weight is 338 g/mol. The number of ether oxygens (including phenoxy) is 1. The van der Waals surface area contributed by atoms with Crippen molar-refractivity contribution in [3.63, 3.8) is 0 Å². The molecule has 3 rings (SSSR count). The fourth-order valence-electron chi connectivity index (χ4n) is 2.82. The highest BCUT2D eigenvalue weighted by Gasteiger charge is 2.21. The summed E-state index contributed by atoms with van der Waals surface area (Å²) in [5, 5.41) is 2.84. The van der Waals surface area contributed by atoms with Crippen molar-refractivity contribution in [3.05, 3.63) is 54.1 Å². The molecule has 5 heteroatoms. The lowest BCUT2D eigenvalue weighted by molar-refractivity contribution is -0.122. The van der Waals surface area contributed by atoms with Gasteiger partial charge < -0.3 is 15.0 Å². The second-order valence-electron chi connectivity index (χ2n) is 6.21. The van der Waals surface area contributed by atoms with Crippen LogP contribution in [0, 0.1) is 6.92 Å². The van der Waals surface area contributed by atoms with E-state index >= 15 is 0 Å². The van der Waals surface area contributed by atoms with Crippen LogP contribution in [0.3, 0.4) is 0 Å². The topological polar surface area (TPSA) is 58.6 Å². The molecule has 2 aromatic carbocycles. The first-order valence-corrected chi connectivity index (χ1v) is 8.48. The first-order valence-electron chi connectivity index (χ1n) is 8.48. The van der Waals surface area contributed by atoms with E-state index in [0.29, 0.717) is 17.9 Å². The lowest BCUT2D eigenvalue weighted by Gasteiger charge is -2.18. The third-order valence-corrected chi connectivity index (χ3v) is 4.29. The summed E-state index contributed by atoms with van der Waals surface area (Å²) < 4.78 is 5.73. The van der Waals surface area contributed by atoms with Gasteiger partial charge in [-0.2, -0.15) is 0 Å². The van der Waals surface area contributed by atoms with Gasteiger partial charge in [0, 0.05) is 24.3 Å². The van der Waals surface area contributed by atoms with Crippen LogP contribution in [0.2, 0.25) is 0 Å². The van der Waals surface area contributed by atoms with Crippen LogP contribution in [0.5, 0.6) is 5.75 Å². The Morgan fingerprint density at radius 3 is 2.52 bits per heavy atom. The van der Waals surface area contributed by atoms with Crippen LogP contribution in [-0.2, 0) is 9.59 Å². The highest BCUT2D eigenvalue weighted by atomic mass is 16.5. The molecule has 0 aromatic heterocycles. The third kappa shape index (κ3) is 3.99. The second-order valence-corrected chi connectivity index (χ2v) is 6.21. The van der Waals surface area contributed by atoms with Gasteiger partial charge >= 0.3 is 0 Å². The zero-order valence-electron chi connectivity index (χ0n) is 14.5. The highest BCUT2D eigenvalue weighted by molar-refractivity contribution is 5.96. The Bertz CT molecular complexity index is 771. The standard InChI is InChI=1S/C20H22N2O3/c1-14-6-3-4-7-18(14)25-15(2)20(24)21-16-9-11-17(12-10-16)22-13-5-8-19(22)23/h3-4,6-7,9-12,15H,5,8,13H2,1-2H3,(H,21,24)/t15-/m0/s1. The fraction of sp³-hybridized carbons (Fsp3) is 0.300. The number of amides is 2. The van der Waals surface area contributed by atoms with Crippen LogP contribution in [0.15, 0.2) is 48.5 Å². The second kappa shape index (κ2) is 7.38.